The van der Waals surface area contributed by atoms with E-state index in [1.54, 1.807) is 5.57 Å². The highest BCUT2D eigenvalue weighted by atomic mass is 16.3. The van der Waals surface area contributed by atoms with Crippen molar-refractivity contribution in [3.63, 3.8) is 0 Å². The van der Waals surface area contributed by atoms with E-state index in [9.17, 15) is 5.11 Å². The summed E-state index contributed by atoms with van der Waals surface area (Å²) in [6.07, 6.45) is 17.7. The first kappa shape index (κ1) is 21.7. The Labute approximate surface area is 180 Å². The molecule has 0 spiro atoms. The van der Waals surface area contributed by atoms with Crippen molar-refractivity contribution < 1.29 is 5.11 Å². The van der Waals surface area contributed by atoms with E-state index in [1.807, 2.05) is 0 Å². The van der Waals surface area contributed by atoms with Crippen molar-refractivity contribution in [3.8, 4) is 0 Å². The van der Waals surface area contributed by atoms with Gasteiger partial charge in [0.2, 0.25) is 0 Å². The van der Waals surface area contributed by atoms with Crippen LogP contribution in [0.5, 0.6) is 0 Å². The smallest absolute Gasteiger partial charge is 0.0577 e. The zero-order valence-corrected chi connectivity index (χ0v) is 20.0. The lowest BCUT2D eigenvalue weighted by atomic mass is 9.47. The second-order valence-corrected chi connectivity index (χ2v) is 12.2. The van der Waals surface area contributed by atoms with Crippen LogP contribution in [0.4, 0.5) is 0 Å². The molecule has 0 saturated heterocycles. The molecule has 0 aromatic rings. The maximum absolute atomic E-state index is 10.2. The van der Waals surface area contributed by atoms with Gasteiger partial charge in [-0.3, -0.25) is 0 Å². The molecule has 9 atom stereocenters. The fourth-order valence-corrected chi connectivity index (χ4v) is 8.25. The number of hydrogen-bond donors (Lipinski definition) is 1. The number of rotatable bonds is 4. The lowest BCUT2D eigenvalue weighted by molar-refractivity contribution is -0.0540. The zero-order valence-electron chi connectivity index (χ0n) is 20.0. The summed E-state index contributed by atoms with van der Waals surface area (Å²) in [5.74, 6) is 5.63. The van der Waals surface area contributed by atoms with E-state index in [4.69, 9.17) is 0 Å². The van der Waals surface area contributed by atoms with Crippen LogP contribution in [0.25, 0.3) is 0 Å². The second kappa shape index (κ2) is 7.85. The van der Waals surface area contributed by atoms with Crippen molar-refractivity contribution in [3.05, 3.63) is 23.8 Å². The van der Waals surface area contributed by atoms with Crippen LogP contribution in [-0.4, -0.2) is 11.2 Å². The van der Waals surface area contributed by atoms with Gasteiger partial charge in [-0.2, -0.15) is 0 Å². The highest BCUT2D eigenvalue weighted by molar-refractivity contribution is 5.25. The predicted octanol–water partition coefficient (Wildman–Crippen LogP) is 7.41. The van der Waals surface area contributed by atoms with Crippen LogP contribution < -0.4 is 0 Å². The summed E-state index contributed by atoms with van der Waals surface area (Å²) in [6.45, 7) is 14.7. The molecule has 0 heterocycles. The van der Waals surface area contributed by atoms with Gasteiger partial charge in [0.1, 0.15) is 0 Å². The number of aliphatic hydroxyl groups excluding tert-OH is 1. The molecule has 1 N–H and O–H groups in total. The minimum atomic E-state index is -0.0866. The molecule has 1 heteroatoms. The van der Waals surface area contributed by atoms with Crippen molar-refractivity contribution in [2.24, 2.45) is 52.3 Å². The number of aliphatic hydroxyl groups is 1. The van der Waals surface area contributed by atoms with Crippen LogP contribution in [0.15, 0.2) is 23.8 Å². The molecule has 0 bridgehead atoms. The van der Waals surface area contributed by atoms with Gasteiger partial charge >= 0.3 is 0 Å². The summed E-state index contributed by atoms with van der Waals surface area (Å²) in [4.78, 5) is 0. The second-order valence-electron chi connectivity index (χ2n) is 12.2. The van der Waals surface area contributed by atoms with Crippen LogP contribution in [0.1, 0.15) is 92.9 Å². The lowest BCUT2D eigenvalue weighted by Crippen LogP contribution is -2.50. The maximum atomic E-state index is 10.2. The first-order chi connectivity index (χ1) is 13.7. The summed E-state index contributed by atoms with van der Waals surface area (Å²) in [7, 11) is 0. The maximum Gasteiger partial charge on any atom is 0.0577 e. The lowest BCUT2D eigenvalue weighted by Gasteiger charge is -2.58. The SMILES string of the molecule is CC(C)[C@@H](C)/C=C/[C@@H](C)[C@H]1CC[C@H]2[C@@H]3CC=C4C[C@@H](O)CC[C@]4(C)[C@@H]3CC[C@]12C. The molecule has 0 radical (unpaired) electrons. The highest BCUT2D eigenvalue weighted by Gasteiger charge is 2.58. The molecule has 0 aromatic heterocycles. The van der Waals surface area contributed by atoms with Gasteiger partial charge in [-0.25, -0.2) is 0 Å². The molecule has 4 rings (SSSR count). The molecular formula is C28H46O. The third-order valence-electron chi connectivity index (χ3n) is 10.6. The standard InChI is InChI=1S/C28H46O/c1-18(2)19(3)7-8-20(4)24-11-12-25-23-10-9-21-17-22(29)13-15-27(21,5)26(23)14-16-28(24,25)6/h7-9,18-20,22-26,29H,10-17H2,1-6H3/b8-7+/t19-,20+,22-,23-,24+,25-,26+,27-,28+/m0/s1. The van der Waals surface area contributed by atoms with E-state index in [2.05, 4.69) is 59.8 Å². The molecule has 4 aliphatic carbocycles. The largest absolute Gasteiger partial charge is 0.393 e. The van der Waals surface area contributed by atoms with Crippen molar-refractivity contribution >= 4 is 0 Å². The highest BCUT2D eigenvalue weighted by Crippen LogP contribution is 2.67. The fraction of sp³-hybridized carbons (Fsp3) is 0.857. The topological polar surface area (TPSA) is 20.2 Å². The van der Waals surface area contributed by atoms with Gasteiger partial charge < -0.3 is 5.11 Å². The summed E-state index contributed by atoms with van der Waals surface area (Å²) < 4.78 is 0. The van der Waals surface area contributed by atoms with Gasteiger partial charge in [0.05, 0.1) is 6.10 Å². The van der Waals surface area contributed by atoms with E-state index in [-0.39, 0.29) is 6.10 Å². The molecule has 0 aromatic carbocycles. The Hall–Kier alpha value is -0.560. The minimum absolute atomic E-state index is 0.0866. The number of allylic oxidation sites excluding steroid dienone is 3. The van der Waals surface area contributed by atoms with E-state index < -0.39 is 0 Å². The summed E-state index contributed by atoms with van der Waals surface area (Å²) in [5.41, 5.74) is 2.51. The molecule has 3 fully saturated rings. The normalized spacial score (nSPS) is 46.8. The Morgan fingerprint density at radius 3 is 2.45 bits per heavy atom. The molecular weight excluding hydrogens is 352 g/mol. The van der Waals surface area contributed by atoms with Gasteiger partial charge in [-0.1, -0.05) is 65.3 Å². The van der Waals surface area contributed by atoms with Crippen LogP contribution in [-0.2, 0) is 0 Å². The average molecular weight is 399 g/mol. The van der Waals surface area contributed by atoms with Gasteiger partial charge in [0, 0.05) is 0 Å². The average Bonchev–Trinajstić information content (AvgIpc) is 3.03. The summed E-state index contributed by atoms with van der Waals surface area (Å²) >= 11 is 0. The first-order valence-electron chi connectivity index (χ1n) is 12.7. The molecule has 4 aliphatic rings. The third kappa shape index (κ3) is 3.58. The predicted molar refractivity (Wildman–Crippen MR) is 124 cm³/mol. The van der Waals surface area contributed by atoms with Gasteiger partial charge in [0.25, 0.3) is 0 Å². The van der Waals surface area contributed by atoms with E-state index >= 15 is 0 Å². The van der Waals surface area contributed by atoms with Crippen LogP contribution in [0.3, 0.4) is 0 Å². The molecule has 29 heavy (non-hydrogen) atoms. The molecule has 1 nitrogen and oxygen atoms in total. The molecule has 0 unspecified atom stereocenters. The molecule has 0 aliphatic heterocycles. The number of hydrogen-bond acceptors (Lipinski definition) is 1. The summed E-state index contributed by atoms with van der Waals surface area (Å²) in [5, 5.41) is 10.2. The Morgan fingerprint density at radius 1 is 0.966 bits per heavy atom. The van der Waals surface area contributed by atoms with Gasteiger partial charge in [-0.05, 0) is 104 Å². The molecule has 3 saturated carbocycles. The van der Waals surface area contributed by atoms with E-state index in [0.717, 1.165) is 42.4 Å². The monoisotopic (exact) mass is 398 g/mol. The molecule has 164 valence electrons. The van der Waals surface area contributed by atoms with Crippen molar-refractivity contribution in [1.82, 2.24) is 0 Å². The van der Waals surface area contributed by atoms with E-state index in [1.165, 1.54) is 38.5 Å². The Bertz CT molecular complexity index is 659. The first-order valence-corrected chi connectivity index (χ1v) is 12.7. The van der Waals surface area contributed by atoms with Gasteiger partial charge in [-0.15, -0.1) is 0 Å². The Kier molecular flexibility index (Phi) is 5.86. The van der Waals surface area contributed by atoms with Crippen molar-refractivity contribution in [2.75, 3.05) is 0 Å². The van der Waals surface area contributed by atoms with Crippen molar-refractivity contribution in [2.45, 2.75) is 99.0 Å². The Morgan fingerprint density at radius 2 is 1.72 bits per heavy atom. The quantitative estimate of drug-likeness (QED) is 0.489. The molecule has 0 amide bonds. The van der Waals surface area contributed by atoms with E-state index in [0.29, 0.717) is 22.7 Å². The van der Waals surface area contributed by atoms with Crippen LogP contribution >= 0.6 is 0 Å². The van der Waals surface area contributed by atoms with Crippen LogP contribution in [0.2, 0.25) is 0 Å². The van der Waals surface area contributed by atoms with Crippen molar-refractivity contribution in [1.29, 1.82) is 0 Å². The van der Waals surface area contributed by atoms with Crippen LogP contribution in [0, 0.1) is 52.3 Å². The fourth-order valence-electron chi connectivity index (χ4n) is 8.25. The third-order valence-corrected chi connectivity index (χ3v) is 10.6. The summed E-state index contributed by atoms with van der Waals surface area (Å²) in [6, 6.07) is 0. The van der Waals surface area contributed by atoms with Gasteiger partial charge in [0.15, 0.2) is 0 Å². The Balaban J connectivity index is 1.53. The number of fused-ring (bicyclic) bond motifs is 5. The zero-order chi connectivity index (χ0) is 21.0. The minimum Gasteiger partial charge on any atom is -0.393 e.